The van der Waals surface area contributed by atoms with Gasteiger partial charge in [0.25, 0.3) is 0 Å². The molecule has 0 saturated carbocycles. The summed E-state index contributed by atoms with van der Waals surface area (Å²) in [6.07, 6.45) is -3.03. The predicted octanol–water partition coefficient (Wildman–Crippen LogP) is 3.03. The fourth-order valence-electron chi connectivity index (χ4n) is 2.70. The summed E-state index contributed by atoms with van der Waals surface area (Å²) >= 11 is 6.08. The molecule has 0 aliphatic carbocycles. The van der Waals surface area contributed by atoms with Gasteiger partial charge in [0.2, 0.25) is 0 Å². The van der Waals surface area contributed by atoms with Gasteiger partial charge < -0.3 is 14.8 Å². The predicted molar refractivity (Wildman–Crippen MR) is 78.2 cm³/mol. The van der Waals surface area contributed by atoms with Gasteiger partial charge in [-0.15, -0.1) is 0 Å². The lowest BCUT2D eigenvalue weighted by molar-refractivity contribution is -0.185. The molecule has 0 atom stereocenters. The number of piperazine rings is 1. The number of benzene rings is 1. The number of nitrogens with one attached hydrogen (secondary N) is 1. The van der Waals surface area contributed by atoms with Crippen LogP contribution >= 0.6 is 11.6 Å². The van der Waals surface area contributed by atoms with Crippen LogP contribution in [0.2, 0.25) is 5.02 Å². The summed E-state index contributed by atoms with van der Waals surface area (Å²) in [5, 5.41) is 1.51. The second-order valence-corrected chi connectivity index (χ2v) is 5.58. The number of nitrogens with zero attached hydrogens (tertiary/aromatic N) is 2. The molecule has 1 aliphatic rings. The Labute approximate surface area is 129 Å². The Morgan fingerprint density at radius 1 is 1.18 bits per heavy atom. The number of anilines is 1. The van der Waals surface area contributed by atoms with Gasteiger partial charge in [0.05, 0.1) is 0 Å². The second-order valence-electron chi connectivity index (χ2n) is 5.14. The van der Waals surface area contributed by atoms with Gasteiger partial charge >= 0.3 is 12.1 Å². The molecule has 0 unspecified atom stereocenters. The van der Waals surface area contributed by atoms with Crippen LogP contribution in [0.5, 0.6) is 0 Å². The Bertz CT molecular complexity index is 705. The standard InChI is InChI=1S/C14H13ClF3N3O/c15-9-7-11-10(1-2-19-11)12(8-9)20-3-5-21(6-4-20)13(22)14(16,17)18/h1-2,7-8,19H,3-6H2. The van der Waals surface area contributed by atoms with E-state index in [0.29, 0.717) is 18.1 Å². The van der Waals surface area contributed by atoms with E-state index in [1.54, 1.807) is 18.3 Å². The van der Waals surface area contributed by atoms with Gasteiger partial charge in [-0.3, -0.25) is 4.79 Å². The number of aromatic nitrogens is 1. The number of halogens is 4. The van der Waals surface area contributed by atoms with Gasteiger partial charge in [0, 0.05) is 54.0 Å². The summed E-state index contributed by atoms with van der Waals surface area (Å²) in [7, 11) is 0. The largest absolute Gasteiger partial charge is 0.471 e. The van der Waals surface area contributed by atoms with Crippen molar-refractivity contribution in [2.45, 2.75) is 6.18 Å². The third-order valence-electron chi connectivity index (χ3n) is 3.76. The van der Waals surface area contributed by atoms with E-state index < -0.39 is 12.1 Å². The number of fused-ring (bicyclic) bond motifs is 1. The molecule has 0 bridgehead atoms. The summed E-state index contributed by atoms with van der Waals surface area (Å²) < 4.78 is 37.3. The number of alkyl halides is 3. The quantitative estimate of drug-likeness (QED) is 0.872. The highest BCUT2D eigenvalue weighted by Crippen LogP contribution is 2.31. The lowest BCUT2D eigenvalue weighted by atomic mass is 10.1. The van der Waals surface area contributed by atoms with Crippen molar-refractivity contribution < 1.29 is 18.0 Å². The molecule has 3 rings (SSSR count). The molecule has 0 radical (unpaired) electrons. The van der Waals surface area contributed by atoms with E-state index in [0.717, 1.165) is 21.5 Å². The van der Waals surface area contributed by atoms with Gasteiger partial charge in [0.15, 0.2) is 0 Å². The van der Waals surface area contributed by atoms with Crippen LogP contribution in [0.15, 0.2) is 24.4 Å². The van der Waals surface area contributed by atoms with E-state index in [1.165, 1.54) is 0 Å². The molecule has 1 aromatic heterocycles. The number of hydrogen-bond donors (Lipinski definition) is 1. The molecule has 1 aromatic carbocycles. The molecular formula is C14H13ClF3N3O. The minimum atomic E-state index is -4.81. The highest BCUT2D eigenvalue weighted by Gasteiger charge is 2.43. The average Bonchev–Trinajstić information content (AvgIpc) is 2.93. The first-order valence-corrected chi connectivity index (χ1v) is 7.12. The maximum absolute atomic E-state index is 12.4. The Balaban J connectivity index is 1.79. The average molecular weight is 332 g/mol. The summed E-state index contributed by atoms with van der Waals surface area (Å²) in [5.74, 6) is -1.77. The lowest BCUT2D eigenvalue weighted by Crippen LogP contribution is -2.52. The van der Waals surface area contributed by atoms with Crippen LogP contribution in [0.3, 0.4) is 0 Å². The van der Waals surface area contributed by atoms with E-state index >= 15 is 0 Å². The number of carbonyl (C=O) groups excluding carboxylic acids is 1. The number of hydrogen-bond acceptors (Lipinski definition) is 2. The number of carbonyl (C=O) groups is 1. The Morgan fingerprint density at radius 2 is 1.86 bits per heavy atom. The molecule has 2 heterocycles. The zero-order valence-corrected chi connectivity index (χ0v) is 12.2. The van der Waals surface area contributed by atoms with Crippen molar-refractivity contribution in [1.29, 1.82) is 0 Å². The molecule has 1 saturated heterocycles. The molecule has 1 N–H and O–H groups in total. The molecule has 1 aliphatic heterocycles. The minimum Gasteiger partial charge on any atom is -0.367 e. The van der Waals surface area contributed by atoms with Crippen LogP contribution in [0, 0.1) is 0 Å². The van der Waals surface area contributed by atoms with Crippen LogP contribution < -0.4 is 4.90 Å². The normalized spacial score (nSPS) is 16.4. The first kappa shape index (κ1) is 15.0. The van der Waals surface area contributed by atoms with E-state index in [4.69, 9.17) is 11.6 Å². The highest BCUT2D eigenvalue weighted by molar-refractivity contribution is 6.31. The number of aromatic amines is 1. The Kier molecular flexibility index (Phi) is 3.68. The molecule has 22 heavy (non-hydrogen) atoms. The maximum Gasteiger partial charge on any atom is 0.471 e. The van der Waals surface area contributed by atoms with E-state index in [2.05, 4.69) is 4.98 Å². The molecule has 1 fully saturated rings. The lowest BCUT2D eigenvalue weighted by Gasteiger charge is -2.36. The highest BCUT2D eigenvalue weighted by atomic mass is 35.5. The number of H-pyrrole nitrogens is 1. The number of amides is 1. The zero-order valence-electron chi connectivity index (χ0n) is 11.5. The van der Waals surface area contributed by atoms with Crippen LogP contribution in [0.1, 0.15) is 0 Å². The summed E-state index contributed by atoms with van der Waals surface area (Å²) in [5.41, 5.74) is 1.74. The first-order valence-electron chi connectivity index (χ1n) is 6.74. The van der Waals surface area contributed by atoms with Crippen molar-refractivity contribution in [1.82, 2.24) is 9.88 Å². The summed E-state index contributed by atoms with van der Waals surface area (Å²) in [4.78, 5) is 17.1. The van der Waals surface area contributed by atoms with Crippen LogP contribution in [0.25, 0.3) is 10.9 Å². The molecular weight excluding hydrogens is 319 g/mol. The van der Waals surface area contributed by atoms with Crippen molar-refractivity contribution in [3.8, 4) is 0 Å². The van der Waals surface area contributed by atoms with Crippen molar-refractivity contribution >= 4 is 34.1 Å². The molecule has 1 amide bonds. The first-order chi connectivity index (χ1) is 10.4. The van der Waals surface area contributed by atoms with Crippen LogP contribution in [-0.2, 0) is 4.79 Å². The van der Waals surface area contributed by atoms with E-state index in [9.17, 15) is 18.0 Å². The molecule has 8 heteroatoms. The number of rotatable bonds is 1. The summed E-state index contributed by atoms with van der Waals surface area (Å²) in [6, 6.07) is 5.48. The third kappa shape index (κ3) is 2.72. The van der Waals surface area contributed by atoms with Crippen molar-refractivity contribution in [2.24, 2.45) is 0 Å². The second kappa shape index (κ2) is 5.39. The molecule has 2 aromatic rings. The van der Waals surface area contributed by atoms with Gasteiger partial charge in [0.1, 0.15) is 0 Å². The molecule has 0 spiro atoms. The topological polar surface area (TPSA) is 39.3 Å². The molecule has 4 nitrogen and oxygen atoms in total. The SMILES string of the molecule is O=C(N1CCN(c2cc(Cl)cc3[nH]ccc23)CC1)C(F)(F)F. The van der Waals surface area contributed by atoms with Gasteiger partial charge in [-0.1, -0.05) is 11.6 Å². The van der Waals surface area contributed by atoms with Crippen molar-refractivity contribution in [2.75, 3.05) is 31.1 Å². The fraction of sp³-hybridized carbons (Fsp3) is 0.357. The Morgan fingerprint density at radius 3 is 2.50 bits per heavy atom. The Hall–Kier alpha value is -1.89. The van der Waals surface area contributed by atoms with Crippen LogP contribution in [-0.4, -0.2) is 48.1 Å². The van der Waals surface area contributed by atoms with Crippen LogP contribution in [0.4, 0.5) is 18.9 Å². The monoisotopic (exact) mass is 331 g/mol. The van der Waals surface area contributed by atoms with Gasteiger partial charge in [-0.2, -0.15) is 13.2 Å². The van der Waals surface area contributed by atoms with Crippen molar-refractivity contribution in [3.05, 3.63) is 29.4 Å². The third-order valence-corrected chi connectivity index (χ3v) is 3.98. The van der Waals surface area contributed by atoms with Gasteiger partial charge in [-0.05, 0) is 18.2 Å². The van der Waals surface area contributed by atoms with E-state index in [-0.39, 0.29) is 13.1 Å². The minimum absolute atomic E-state index is 0.0385. The summed E-state index contributed by atoms with van der Waals surface area (Å²) in [6.45, 7) is 0.748. The van der Waals surface area contributed by atoms with Crippen molar-refractivity contribution in [3.63, 3.8) is 0 Å². The zero-order chi connectivity index (χ0) is 15.9. The molecule has 118 valence electrons. The maximum atomic E-state index is 12.4. The van der Waals surface area contributed by atoms with E-state index in [1.807, 2.05) is 11.0 Å². The fourth-order valence-corrected chi connectivity index (χ4v) is 2.92. The van der Waals surface area contributed by atoms with Gasteiger partial charge in [-0.25, -0.2) is 0 Å². The smallest absolute Gasteiger partial charge is 0.367 e.